The normalized spacial score (nSPS) is 13.3. The lowest BCUT2D eigenvalue weighted by molar-refractivity contribution is 0.601. The zero-order valence-electron chi connectivity index (χ0n) is 11.1. The molecule has 0 amide bonds. The summed E-state index contributed by atoms with van der Waals surface area (Å²) in [6.45, 7) is 2.47. The Labute approximate surface area is 109 Å². The van der Waals surface area contributed by atoms with Gasteiger partial charge in [-0.1, -0.05) is 6.92 Å². The predicted molar refractivity (Wildman–Crippen MR) is 74.4 cm³/mol. The Balaban J connectivity index is 2.67. The summed E-state index contributed by atoms with van der Waals surface area (Å²) in [6.07, 6.45) is 3.81. The Bertz CT molecular complexity index is 471. The summed E-state index contributed by atoms with van der Waals surface area (Å²) < 4.78 is 22.2. The van der Waals surface area contributed by atoms with Crippen molar-refractivity contribution in [2.75, 3.05) is 30.5 Å². The standard InChI is InChI=1S/C12H21N3O2S/c1-4-11(13)12-6-5-10(9-14-12)15(2)7-8-18(3,16)17/h5-6,9,11H,4,7-8,13H2,1-3H3/t11-/m0/s1. The van der Waals surface area contributed by atoms with E-state index in [9.17, 15) is 8.42 Å². The summed E-state index contributed by atoms with van der Waals surface area (Å²) in [4.78, 5) is 6.17. The molecular weight excluding hydrogens is 250 g/mol. The Kier molecular flexibility index (Phi) is 5.10. The molecule has 1 atom stereocenters. The van der Waals surface area contributed by atoms with Crippen molar-refractivity contribution < 1.29 is 8.42 Å². The fourth-order valence-electron chi connectivity index (χ4n) is 1.48. The molecule has 5 nitrogen and oxygen atoms in total. The van der Waals surface area contributed by atoms with Crippen molar-refractivity contribution in [2.24, 2.45) is 5.73 Å². The molecule has 0 aliphatic heterocycles. The second-order valence-electron chi connectivity index (χ2n) is 4.51. The second kappa shape index (κ2) is 6.15. The Morgan fingerprint density at radius 3 is 2.56 bits per heavy atom. The van der Waals surface area contributed by atoms with Crippen LogP contribution >= 0.6 is 0 Å². The van der Waals surface area contributed by atoms with E-state index in [0.717, 1.165) is 17.8 Å². The fourth-order valence-corrected chi connectivity index (χ4v) is 2.09. The average Bonchev–Trinajstić information content (AvgIpc) is 2.34. The van der Waals surface area contributed by atoms with E-state index in [1.165, 1.54) is 6.26 Å². The van der Waals surface area contributed by atoms with E-state index in [1.807, 2.05) is 31.0 Å². The van der Waals surface area contributed by atoms with Gasteiger partial charge >= 0.3 is 0 Å². The molecule has 1 rings (SSSR count). The number of anilines is 1. The number of nitrogens with zero attached hydrogens (tertiary/aromatic N) is 2. The number of aromatic nitrogens is 1. The van der Waals surface area contributed by atoms with Gasteiger partial charge in [-0.2, -0.15) is 0 Å². The van der Waals surface area contributed by atoms with Crippen molar-refractivity contribution >= 4 is 15.5 Å². The minimum Gasteiger partial charge on any atom is -0.372 e. The molecule has 1 aromatic heterocycles. The third-order valence-electron chi connectivity index (χ3n) is 2.83. The molecule has 2 N–H and O–H groups in total. The van der Waals surface area contributed by atoms with Gasteiger partial charge < -0.3 is 10.6 Å². The van der Waals surface area contributed by atoms with Crippen molar-refractivity contribution in [3.8, 4) is 0 Å². The molecule has 0 spiro atoms. The van der Waals surface area contributed by atoms with Crippen LogP contribution in [0.3, 0.4) is 0 Å². The van der Waals surface area contributed by atoms with Crippen molar-refractivity contribution in [1.29, 1.82) is 0 Å². The van der Waals surface area contributed by atoms with Crippen molar-refractivity contribution in [3.05, 3.63) is 24.0 Å². The zero-order valence-corrected chi connectivity index (χ0v) is 11.9. The van der Waals surface area contributed by atoms with Gasteiger partial charge in [-0.05, 0) is 18.6 Å². The highest BCUT2D eigenvalue weighted by molar-refractivity contribution is 7.90. The maximum atomic E-state index is 11.1. The lowest BCUT2D eigenvalue weighted by Crippen LogP contribution is -2.25. The maximum Gasteiger partial charge on any atom is 0.149 e. The smallest absolute Gasteiger partial charge is 0.149 e. The molecule has 0 aliphatic rings. The number of hydrogen-bond donors (Lipinski definition) is 1. The summed E-state index contributed by atoms with van der Waals surface area (Å²) >= 11 is 0. The lowest BCUT2D eigenvalue weighted by Gasteiger charge is -2.19. The summed E-state index contributed by atoms with van der Waals surface area (Å²) in [5.41, 5.74) is 7.63. The van der Waals surface area contributed by atoms with Crippen LogP contribution in [0.1, 0.15) is 25.1 Å². The van der Waals surface area contributed by atoms with Crippen molar-refractivity contribution in [3.63, 3.8) is 0 Å². The number of sulfone groups is 1. The minimum absolute atomic E-state index is 0.0413. The summed E-state index contributed by atoms with van der Waals surface area (Å²) in [6, 6.07) is 3.76. The van der Waals surface area contributed by atoms with Crippen LogP contribution in [0.4, 0.5) is 5.69 Å². The van der Waals surface area contributed by atoms with Crippen LogP contribution in [-0.2, 0) is 9.84 Å². The highest BCUT2D eigenvalue weighted by atomic mass is 32.2. The SMILES string of the molecule is CC[C@H](N)c1ccc(N(C)CCS(C)(=O)=O)cn1. The summed E-state index contributed by atoms with van der Waals surface area (Å²) in [5.74, 6) is 0.139. The van der Waals surface area contributed by atoms with E-state index in [2.05, 4.69) is 4.98 Å². The van der Waals surface area contributed by atoms with Gasteiger partial charge in [-0.15, -0.1) is 0 Å². The van der Waals surface area contributed by atoms with Crippen molar-refractivity contribution in [1.82, 2.24) is 4.98 Å². The molecule has 0 aliphatic carbocycles. The first kappa shape index (κ1) is 14.9. The van der Waals surface area contributed by atoms with Gasteiger partial charge in [0.15, 0.2) is 0 Å². The summed E-state index contributed by atoms with van der Waals surface area (Å²) in [7, 11) is -1.09. The Morgan fingerprint density at radius 1 is 1.44 bits per heavy atom. The molecule has 1 heterocycles. The van der Waals surface area contributed by atoms with Gasteiger partial charge in [0.25, 0.3) is 0 Å². The van der Waals surface area contributed by atoms with E-state index in [0.29, 0.717) is 6.54 Å². The molecule has 18 heavy (non-hydrogen) atoms. The number of nitrogens with two attached hydrogens (primary N) is 1. The third kappa shape index (κ3) is 4.62. The van der Waals surface area contributed by atoms with Gasteiger partial charge in [-0.3, -0.25) is 4.98 Å². The third-order valence-corrected chi connectivity index (χ3v) is 3.75. The molecule has 0 bridgehead atoms. The topological polar surface area (TPSA) is 76.3 Å². The molecule has 0 radical (unpaired) electrons. The van der Waals surface area contributed by atoms with Crippen LogP contribution in [0, 0.1) is 0 Å². The lowest BCUT2D eigenvalue weighted by atomic mass is 10.1. The van der Waals surface area contributed by atoms with Crippen LogP contribution in [0.15, 0.2) is 18.3 Å². The van der Waals surface area contributed by atoms with E-state index in [-0.39, 0.29) is 11.8 Å². The number of rotatable bonds is 6. The maximum absolute atomic E-state index is 11.1. The zero-order chi connectivity index (χ0) is 13.8. The van der Waals surface area contributed by atoms with Gasteiger partial charge in [0.2, 0.25) is 0 Å². The first-order valence-corrected chi connectivity index (χ1v) is 8.00. The highest BCUT2D eigenvalue weighted by Crippen LogP contribution is 2.15. The fraction of sp³-hybridized carbons (Fsp3) is 0.583. The highest BCUT2D eigenvalue weighted by Gasteiger charge is 2.08. The molecule has 0 saturated heterocycles. The van der Waals surface area contributed by atoms with Crippen LogP contribution in [-0.4, -0.2) is 39.0 Å². The minimum atomic E-state index is -2.93. The molecule has 0 unspecified atom stereocenters. The van der Waals surface area contributed by atoms with Gasteiger partial charge in [0.1, 0.15) is 9.84 Å². The quantitative estimate of drug-likeness (QED) is 0.834. The summed E-state index contributed by atoms with van der Waals surface area (Å²) in [5, 5.41) is 0. The van der Waals surface area contributed by atoms with E-state index in [1.54, 1.807) is 6.20 Å². The molecular formula is C12H21N3O2S. The van der Waals surface area contributed by atoms with E-state index in [4.69, 9.17) is 5.73 Å². The van der Waals surface area contributed by atoms with Gasteiger partial charge in [0.05, 0.1) is 23.3 Å². The monoisotopic (exact) mass is 271 g/mol. The average molecular weight is 271 g/mol. The molecule has 6 heteroatoms. The van der Waals surface area contributed by atoms with Gasteiger partial charge in [-0.25, -0.2) is 8.42 Å². The Hall–Kier alpha value is -1.14. The van der Waals surface area contributed by atoms with Crippen LogP contribution in [0.25, 0.3) is 0 Å². The molecule has 0 fully saturated rings. The molecule has 1 aromatic rings. The van der Waals surface area contributed by atoms with Crippen LogP contribution in [0.5, 0.6) is 0 Å². The molecule has 0 saturated carbocycles. The Morgan fingerprint density at radius 2 is 2.11 bits per heavy atom. The number of pyridine rings is 1. The van der Waals surface area contributed by atoms with Crippen LogP contribution < -0.4 is 10.6 Å². The molecule has 102 valence electrons. The van der Waals surface area contributed by atoms with Crippen LogP contribution in [0.2, 0.25) is 0 Å². The first-order valence-electron chi connectivity index (χ1n) is 5.94. The predicted octanol–water partition coefficient (Wildman–Crippen LogP) is 0.972. The first-order chi connectivity index (χ1) is 8.33. The van der Waals surface area contributed by atoms with Gasteiger partial charge in [0, 0.05) is 25.9 Å². The largest absolute Gasteiger partial charge is 0.372 e. The van der Waals surface area contributed by atoms with E-state index < -0.39 is 9.84 Å². The molecule has 0 aromatic carbocycles. The van der Waals surface area contributed by atoms with E-state index >= 15 is 0 Å². The number of hydrogen-bond acceptors (Lipinski definition) is 5. The second-order valence-corrected chi connectivity index (χ2v) is 6.77. The van der Waals surface area contributed by atoms with Crippen molar-refractivity contribution in [2.45, 2.75) is 19.4 Å².